The van der Waals surface area contributed by atoms with Gasteiger partial charge in [-0.25, -0.2) is 0 Å². The van der Waals surface area contributed by atoms with E-state index in [0.717, 1.165) is 0 Å². The Hall–Kier alpha value is -0.0900. The van der Waals surface area contributed by atoms with Crippen LogP contribution in [0.25, 0.3) is 0 Å². The lowest BCUT2D eigenvalue weighted by Crippen LogP contribution is -2.32. The lowest BCUT2D eigenvalue weighted by atomic mass is 10.3. The summed E-state index contributed by atoms with van der Waals surface area (Å²) in [7, 11) is 1.52. The minimum atomic E-state index is -1.09. The summed E-state index contributed by atoms with van der Waals surface area (Å²) < 4.78 is 4.64. The maximum absolute atomic E-state index is 9.99. The summed E-state index contributed by atoms with van der Waals surface area (Å²) in [5, 5.41) is 9.99. The standard InChI is InChI=1S/C5H9BrO3/c1-9-3-2-4(6)5(7)8/h4H,2-3H2,1H3,(H,7,8)/p-1. The number of alkyl halides is 1. The highest BCUT2D eigenvalue weighted by Gasteiger charge is 2.02. The lowest BCUT2D eigenvalue weighted by Gasteiger charge is -2.08. The topological polar surface area (TPSA) is 49.4 Å². The molecule has 1 atom stereocenters. The zero-order chi connectivity index (χ0) is 7.28. The number of methoxy groups -OCH3 is 1. The Morgan fingerprint density at radius 1 is 1.89 bits per heavy atom. The third-order valence-electron chi connectivity index (χ3n) is 0.831. The normalized spacial score (nSPS) is 13.1. The summed E-state index contributed by atoms with van der Waals surface area (Å²) >= 11 is 2.90. The second-order valence-electron chi connectivity index (χ2n) is 1.57. The van der Waals surface area contributed by atoms with Crippen LogP contribution in [0.4, 0.5) is 0 Å². The second-order valence-corrected chi connectivity index (χ2v) is 2.67. The number of aliphatic carboxylic acids is 1. The number of hydrogen-bond donors (Lipinski definition) is 0. The Morgan fingerprint density at radius 2 is 2.44 bits per heavy atom. The highest BCUT2D eigenvalue weighted by atomic mass is 79.9. The third-order valence-corrected chi connectivity index (χ3v) is 1.66. The molecule has 4 heteroatoms. The van der Waals surface area contributed by atoms with Crippen molar-refractivity contribution in [3.8, 4) is 0 Å². The molecule has 0 aromatic carbocycles. The van der Waals surface area contributed by atoms with Crippen LogP contribution in [0.1, 0.15) is 6.42 Å². The highest BCUT2D eigenvalue weighted by molar-refractivity contribution is 9.10. The molecule has 0 saturated carbocycles. The summed E-state index contributed by atoms with van der Waals surface area (Å²) in [5.74, 6) is -1.09. The Bertz CT molecular complexity index is 94.2. The molecule has 0 spiro atoms. The first-order valence-corrected chi connectivity index (χ1v) is 3.44. The molecule has 0 heterocycles. The molecule has 0 aliphatic heterocycles. The van der Waals surface area contributed by atoms with Crippen LogP contribution in [-0.4, -0.2) is 24.5 Å². The van der Waals surface area contributed by atoms with Gasteiger partial charge in [0.25, 0.3) is 0 Å². The van der Waals surface area contributed by atoms with Gasteiger partial charge in [-0.2, -0.15) is 0 Å². The van der Waals surface area contributed by atoms with Gasteiger partial charge in [-0.1, -0.05) is 15.9 Å². The van der Waals surface area contributed by atoms with Crippen molar-refractivity contribution in [1.82, 2.24) is 0 Å². The van der Waals surface area contributed by atoms with E-state index in [9.17, 15) is 9.90 Å². The monoisotopic (exact) mass is 195 g/mol. The predicted octanol–water partition coefficient (Wildman–Crippen LogP) is -0.464. The fraction of sp³-hybridized carbons (Fsp3) is 0.800. The summed E-state index contributed by atoms with van der Waals surface area (Å²) in [6, 6.07) is 0. The molecule has 0 saturated heterocycles. The Kier molecular flexibility index (Phi) is 4.71. The average Bonchev–Trinajstić information content (AvgIpc) is 1.82. The van der Waals surface area contributed by atoms with Crippen LogP contribution >= 0.6 is 15.9 Å². The van der Waals surface area contributed by atoms with E-state index in [0.29, 0.717) is 13.0 Å². The number of rotatable bonds is 4. The number of hydrogen-bond acceptors (Lipinski definition) is 3. The van der Waals surface area contributed by atoms with E-state index < -0.39 is 10.8 Å². The van der Waals surface area contributed by atoms with E-state index in [4.69, 9.17) is 0 Å². The first kappa shape index (κ1) is 8.91. The summed E-state index contributed by atoms with van der Waals surface area (Å²) in [5.41, 5.74) is 0. The molecule has 0 fully saturated rings. The Balaban J connectivity index is 3.27. The van der Waals surface area contributed by atoms with E-state index in [2.05, 4.69) is 20.7 Å². The van der Waals surface area contributed by atoms with Crippen LogP contribution in [-0.2, 0) is 9.53 Å². The van der Waals surface area contributed by atoms with Crippen LogP contribution in [0.3, 0.4) is 0 Å². The summed E-state index contributed by atoms with van der Waals surface area (Å²) in [6.07, 6.45) is 0.443. The predicted molar refractivity (Wildman–Crippen MR) is 34.2 cm³/mol. The number of carbonyl (C=O) groups is 1. The minimum Gasteiger partial charge on any atom is -0.549 e. The van der Waals surface area contributed by atoms with Gasteiger partial charge in [-0.15, -0.1) is 0 Å². The molecule has 9 heavy (non-hydrogen) atoms. The second kappa shape index (κ2) is 4.76. The maximum Gasteiger partial charge on any atom is 0.0563 e. The van der Waals surface area contributed by atoms with Gasteiger partial charge >= 0.3 is 0 Å². The van der Waals surface area contributed by atoms with Crippen molar-refractivity contribution in [1.29, 1.82) is 0 Å². The molecule has 0 rings (SSSR count). The fourth-order valence-corrected chi connectivity index (χ4v) is 0.526. The van der Waals surface area contributed by atoms with Gasteiger partial charge in [0.1, 0.15) is 0 Å². The van der Waals surface area contributed by atoms with Crippen molar-refractivity contribution < 1.29 is 14.6 Å². The van der Waals surface area contributed by atoms with Crippen LogP contribution in [0.2, 0.25) is 0 Å². The molecule has 0 bridgehead atoms. The van der Waals surface area contributed by atoms with Crippen LogP contribution in [0.15, 0.2) is 0 Å². The molecule has 0 aromatic heterocycles. The van der Waals surface area contributed by atoms with Gasteiger partial charge in [-0.3, -0.25) is 0 Å². The van der Waals surface area contributed by atoms with Gasteiger partial charge in [0.15, 0.2) is 0 Å². The zero-order valence-corrected chi connectivity index (χ0v) is 6.68. The maximum atomic E-state index is 9.99. The molecule has 0 radical (unpaired) electrons. The van der Waals surface area contributed by atoms with Crippen molar-refractivity contribution in [2.24, 2.45) is 0 Å². The Labute approximate surface area is 62.1 Å². The molecule has 1 unspecified atom stereocenters. The number of carboxylic acid groups (broad SMARTS) is 1. The van der Waals surface area contributed by atoms with Gasteiger partial charge in [0.05, 0.1) is 10.8 Å². The van der Waals surface area contributed by atoms with Crippen LogP contribution < -0.4 is 5.11 Å². The molecule has 0 aliphatic rings. The number of carbonyl (C=O) groups excluding carboxylic acids is 1. The van der Waals surface area contributed by atoms with E-state index in [-0.39, 0.29) is 0 Å². The molecule has 0 N–H and O–H groups in total. The van der Waals surface area contributed by atoms with Crippen molar-refractivity contribution in [2.75, 3.05) is 13.7 Å². The largest absolute Gasteiger partial charge is 0.549 e. The van der Waals surface area contributed by atoms with Crippen molar-refractivity contribution in [3.05, 3.63) is 0 Å². The smallest absolute Gasteiger partial charge is 0.0563 e. The number of carboxylic acids is 1. The summed E-state index contributed by atoms with van der Waals surface area (Å²) in [6.45, 7) is 0.434. The lowest BCUT2D eigenvalue weighted by molar-refractivity contribution is -0.304. The van der Waals surface area contributed by atoms with Crippen molar-refractivity contribution in [3.63, 3.8) is 0 Å². The van der Waals surface area contributed by atoms with Crippen molar-refractivity contribution in [2.45, 2.75) is 11.2 Å². The van der Waals surface area contributed by atoms with E-state index in [1.807, 2.05) is 0 Å². The SMILES string of the molecule is COCCC(Br)C(=O)[O-]. The van der Waals surface area contributed by atoms with Gasteiger partial charge < -0.3 is 14.6 Å². The van der Waals surface area contributed by atoms with E-state index in [1.54, 1.807) is 0 Å². The minimum absolute atomic E-state index is 0.434. The molecular formula is C5H8BrO3-. The Morgan fingerprint density at radius 3 is 2.78 bits per heavy atom. The summed E-state index contributed by atoms with van der Waals surface area (Å²) in [4.78, 5) is 9.41. The average molecular weight is 196 g/mol. The molecular weight excluding hydrogens is 188 g/mol. The fourth-order valence-electron chi connectivity index (χ4n) is 0.339. The van der Waals surface area contributed by atoms with E-state index >= 15 is 0 Å². The number of ether oxygens (including phenoxy) is 1. The first-order chi connectivity index (χ1) is 4.18. The van der Waals surface area contributed by atoms with Crippen molar-refractivity contribution >= 4 is 21.9 Å². The van der Waals surface area contributed by atoms with Crippen LogP contribution in [0.5, 0.6) is 0 Å². The van der Waals surface area contributed by atoms with Gasteiger partial charge in [0, 0.05) is 13.7 Å². The highest BCUT2D eigenvalue weighted by Crippen LogP contribution is 2.02. The molecule has 0 aromatic rings. The van der Waals surface area contributed by atoms with Gasteiger partial charge in [-0.05, 0) is 6.42 Å². The number of halogens is 1. The molecule has 0 amide bonds. The molecule has 0 aliphatic carbocycles. The molecule has 54 valence electrons. The first-order valence-electron chi connectivity index (χ1n) is 2.52. The van der Waals surface area contributed by atoms with Gasteiger partial charge in [0.2, 0.25) is 0 Å². The third kappa shape index (κ3) is 4.42. The van der Waals surface area contributed by atoms with Crippen LogP contribution in [0, 0.1) is 0 Å². The van der Waals surface area contributed by atoms with E-state index in [1.165, 1.54) is 7.11 Å². The quantitative estimate of drug-likeness (QED) is 0.571. The molecule has 3 nitrogen and oxygen atoms in total. The zero-order valence-electron chi connectivity index (χ0n) is 5.09.